The molecule has 0 aromatic carbocycles. The summed E-state index contributed by atoms with van der Waals surface area (Å²) in [4.78, 5) is 9.99. The average molecular weight is 328 g/mol. The van der Waals surface area contributed by atoms with Crippen LogP contribution in [0.15, 0.2) is 22.9 Å². The van der Waals surface area contributed by atoms with Gasteiger partial charge in [0.15, 0.2) is 0 Å². The van der Waals surface area contributed by atoms with Gasteiger partial charge in [0.05, 0.1) is 12.3 Å². The number of halogens is 1. The lowest BCUT2D eigenvalue weighted by atomic mass is 10.3. The molecule has 0 bridgehead atoms. The van der Waals surface area contributed by atoms with E-state index in [-0.39, 0.29) is 0 Å². The molecule has 0 radical (unpaired) electrons. The van der Waals surface area contributed by atoms with Crippen LogP contribution in [0.5, 0.6) is 0 Å². The molecule has 18 heavy (non-hydrogen) atoms. The van der Waals surface area contributed by atoms with Gasteiger partial charge in [-0.3, -0.25) is 4.98 Å². The second-order valence-corrected chi connectivity index (χ2v) is 5.74. The van der Waals surface area contributed by atoms with Crippen LogP contribution in [0.1, 0.15) is 10.6 Å². The first-order chi connectivity index (χ1) is 8.74. The lowest BCUT2D eigenvalue weighted by Crippen LogP contribution is -2.06. The zero-order chi connectivity index (χ0) is 13.0. The first-order valence-electron chi connectivity index (χ1n) is 5.47. The second kappa shape index (κ2) is 6.38. The lowest BCUT2D eigenvalue weighted by Gasteiger charge is -1.98. The summed E-state index contributed by atoms with van der Waals surface area (Å²) < 4.78 is 6.14. The normalized spacial score (nSPS) is 10.8. The van der Waals surface area contributed by atoms with Crippen molar-refractivity contribution in [1.29, 1.82) is 0 Å². The molecule has 0 unspecified atom stereocenters. The fraction of sp³-hybridized carbons (Fsp3) is 0.333. The van der Waals surface area contributed by atoms with Crippen molar-refractivity contribution in [2.75, 3.05) is 14.2 Å². The topological polar surface area (TPSA) is 47.0 Å². The zero-order valence-corrected chi connectivity index (χ0v) is 12.6. The fourth-order valence-corrected chi connectivity index (χ4v) is 3.01. The van der Waals surface area contributed by atoms with Gasteiger partial charge in [-0.15, -0.1) is 11.3 Å². The third kappa shape index (κ3) is 3.14. The largest absolute Gasteiger partial charge is 0.378 e. The SMILES string of the molecule is CNCc1sc(-c2cncc(Br)c2)nc1COC. The van der Waals surface area contributed by atoms with Crippen molar-refractivity contribution in [3.8, 4) is 10.6 Å². The molecule has 96 valence electrons. The Morgan fingerprint density at radius 1 is 1.44 bits per heavy atom. The summed E-state index contributed by atoms with van der Waals surface area (Å²) in [6, 6.07) is 2.02. The maximum atomic E-state index is 5.18. The molecule has 2 aromatic rings. The lowest BCUT2D eigenvalue weighted by molar-refractivity contribution is 0.181. The van der Waals surface area contributed by atoms with E-state index in [1.54, 1.807) is 24.6 Å². The number of nitrogens with zero attached hydrogens (tertiary/aromatic N) is 2. The Bertz CT molecular complexity index is 506. The van der Waals surface area contributed by atoms with E-state index >= 15 is 0 Å². The minimum absolute atomic E-state index is 0.537. The van der Waals surface area contributed by atoms with Gasteiger partial charge in [0, 0.05) is 41.0 Å². The predicted octanol–water partition coefficient (Wildman–Crippen LogP) is 2.83. The molecule has 0 fully saturated rings. The Hall–Kier alpha value is -0.820. The first-order valence-corrected chi connectivity index (χ1v) is 7.08. The summed E-state index contributed by atoms with van der Waals surface area (Å²) in [5.41, 5.74) is 2.01. The van der Waals surface area contributed by atoms with Crippen LogP contribution in [-0.2, 0) is 17.9 Å². The number of nitrogens with one attached hydrogen (secondary N) is 1. The highest BCUT2D eigenvalue weighted by Gasteiger charge is 2.12. The average Bonchev–Trinajstić information content (AvgIpc) is 2.74. The van der Waals surface area contributed by atoms with Crippen molar-refractivity contribution >= 4 is 27.3 Å². The molecule has 0 saturated carbocycles. The van der Waals surface area contributed by atoms with Gasteiger partial charge in [-0.1, -0.05) is 0 Å². The fourth-order valence-electron chi connectivity index (χ4n) is 1.58. The molecule has 0 aliphatic heterocycles. The maximum absolute atomic E-state index is 5.18. The van der Waals surface area contributed by atoms with Crippen molar-refractivity contribution in [2.24, 2.45) is 0 Å². The van der Waals surface area contributed by atoms with Gasteiger partial charge < -0.3 is 10.1 Å². The molecular weight excluding hydrogens is 314 g/mol. The third-order valence-electron chi connectivity index (χ3n) is 2.35. The van der Waals surface area contributed by atoms with E-state index in [1.165, 1.54) is 4.88 Å². The molecule has 0 aliphatic rings. The highest BCUT2D eigenvalue weighted by molar-refractivity contribution is 9.10. The van der Waals surface area contributed by atoms with Crippen molar-refractivity contribution < 1.29 is 4.74 Å². The van der Waals surface area contributed by atoms with Gasteiger partial charge in [-0.2, -0.15) is 0 Å². The van der Waals surface area contributed by atoms with E-state index in [1.807, 2.05) is 19.3 Å². The second-order valence-electron chi connectivity index (χ2n) is 3.74. The van der Waals surface area contributed by atoms with Gasteiger partial charge in [0.1, 0.15) is 5.01 Å². The number of hydrogen-bond donors (Lipinski definition) is 1. The summed E-state index contributed by atoms with van der Waals surface area (Å²) in [6.07, 6.45) is 3.59. The number of hydrogen-bond acceptors (Lipinski definition) is 5. The van der Waals surface area contributed by atoms with Crippen molar-refractivity contribution in [3.05, 3.63) is 33.5 Å². The number of pyridine rings is 1. The summed E-state index contributed by atoms with van der Waals surface area (Å²) >= 11 is 5.09. The Morgan fingerprint density at radius 2 is 2.28 bits per heavy atom. The standard InChI is InChI=1S/C12H14BrN3OS/c1-14-6-11-10(7-17-2)16-12(18-11)8-3-9(13)5-15-4-8/h3-5,14H,6-7H2,1-2H3. The summed E-state index contributed by atoms with van der Waals surface area (Å²) in [7, 11) is 3.61. The maximum Gasteiger partial charge on any atom is 0.125 e. The van der Waals surface area contributed by atoms with Crippen molar-refractivity contribution in [2.45, 2.75) is 13.2 Å². The molecule has 4 nitrogen and oxygen atoms in total. The van der Waals surface area contributed by atoms with Crippen LogP contribution < -0.4 is 5.32 Å². The van der Waals surface area contributed by atoms with Crippen LogP contribution in [0.2, 0.25) is 0 Å². The number of rotatable bonds is 5. The Morgan fingerprint density at radius 3 is 2.94 bits per heavy atom. The van der Waals surface area contributed by atoms with E-state index in [0.29, 0.717) is 6.61 Å². The van der Waals surface area contributed by atoms with Crippen LogP contribution in [-0.4, -0.2) is 24.1 Å². The van der Waals surface area contributed by atoms with Crippen LogP contribution in [0.3, 0.4) is 0 Å². The Balaban J connectivity index is 2.36. The van der Waals surface area contributed by atoms with Crippen LogP contribution in [0, 0.1) is 0 Å². The molecule has 0 spiro atoms. The zero-order valence-electron chi connectivity index (χ0n) is 10.2. The monoisotopic (exact) mass is 327 g/mol. The molecular formula is C12H14BrN3OS. The van der Waals surface area contributed by atoms with E-state index < -0.39 is 0 Å². The number of aromatic nitrogens is 2. The molecule has 0 amide bonds. The molecule has 0 atom stereocenters. The van der Waals surface area contributed by atoms with Crippen LogP contribution in [0.4, 0.5) is 0 Å². The van der Waals surface area contributed by atoms with Crippen molar-refractivity contribution in [3.63, 3.8) is 0 Å². The molecule has 6 heteroatoms. The number of ether oxygens (including phenoxy) is 1. The van der Waals surface area contributed by atoms with E-state index in [4.69, 9.17) is 4.74 Å². The quantitative estimate of drug-likeness (QED) is 0.917. The number of methoxy groups -OCH3 is 1. The molecule has 2 heterocycles. The van der Waals surface area contributed by atoms with Crippen LogP contribution in [0.25, 0.3) is 10.6 Å². The van der Waals surface area contributed by atoms with Crippen molar-refractivity contribution in [1.82, 2.24) is 15.3 Å². The van der Waals surface area contributed by atoms with E-state index in [9.17, 15) is 0 Å². The van der Waals surface area contributed by atoms with Gasteiger partial charge in [0.25, 0.3) is 0 Å². The molecule has 0 saturated heterocycles. The van der Waals surface area contributed by atoms with Crippen LogP contribution >= 0.6 is 27.3 Å². The molecule has 0 aliphatic carbocycles. The Labute approximate surface area is 119 Å². The van der Waals surface area contributed by atoms with Gasteiger partial charge >= 0.3 is 0 Å². The molecule has 2 aromatic heterocycles. The molecule has 2 rings (SSSR count). The summed E-state index contributed by atoms with van der Waals surface area (Å²) in [5.74, 6) is 0. The minimum Gasteiger partial charge on any atom is -0.378 e. The number of thiazole rings is 1. The highest BCUT2D eigenvalue weighted by Crippen LogP contribution is 2.29. The smallest absolute Gasteiger partial charge is 0.125 e. The predicted molar refractivity (Wildman–Crippen MR) is 76.5 cm³/mol. The van der Waals surface area contributed by atoms with Gasteiger partial charge in [0.2, 0.25) is 0 Å². The molecule has 1 N–H and O–H groups in total. The minimum atomic E-state index is 0.537. The van der Waals surface area contributed by atoms with E-state index in [2.05, 4.69) is 31.2 Å². The van der Waals surface area contributed by atoms with Gasteiger partial charge in [-0.05, 0) is 29.0 Å². The van der Waals surface area contributed by atoms with Gasteiger partial charge in [-0.25, -0.2) is 4.98 Å². The third-order valence-corrected chi connectivity index (χ3v) is 3.93. The first kappa shape index (κ1) is 13.6. The van der Waals surface area contributed by atoms with E-state index in [0.717, 1.165) is 27.3 Å². The Kier molecular flexibility index (Phi) is 4.82. The summed E-state index contributed by atoms with van der Waals surface area (Å²) in [6.45, 7) is 1.34. The highest BCUT2D eigenvalue weighted by atomic mass is 79.9. The summed E-state index contributed by atoms with van der Waals surface area (Å²) in [5, 5.41) is 4.12.